The van der Waals surface area contributed by atoms with Crippen LogP contribution in [0.4, 0.5) is 4.39 Å². The molecule has 1 aromatic carbocycles. The minimum Gasteiger partial charge on any atom is -0.424 e. The largest absolute Gasteiger partial charge is 0.424 e. The molecule has 5 heteroatoms. The molecule has 1 heterocycles. The molecule has 19 heavy (non-hydrogen) atoms. The van der Waals surface area contributed by atoms with Crippen molar-refractivity contribution >= 4 is 0 Å². The predicted molar refractivity (Wildman–Crippen MR) is 70.6 cm³/mol. The maximum absolute atomic E-state index is 13.0. The SMILES string of the molecule is CCNCc1cnc(Oc2ccc(F)cc2C)nc1. The lowest BCUT2D eigenvalue weighted by molar-refractivity contribution is 0.436. The number of hydrogen-bond acceptors (Lipinski definition) is 4. The summed E-state index contributed by atoms with van der Waals surface area (Å²) in [6, 6.07) is 4.59. The number of aromatic nitrogens is 2. The fraction of sp³-hybridized carbons (Fsp3) is 0.286. The molecule has 1 N–H and O–H groups in total. The molecule has 0 saturated carbocycles. The van der Waals surface area contributed by atoms with Crippen molar-refractivity contribution in [3.8, 4) is 11.8 Å². The minimum absolute atomic E-state index is 0.259. The molecule has 0 atom stereocenters. The first-order valence-electron chi connectivity index (χ1n) is 6.14. The molecule has 0 saturated heterocycles. The van der Waals surface area contributed by atoms with Crippen molar-refractivity contribution in [1.29, 1.82) is 0 Å². The van der Waals surface area contributed by atoms with Gasteiger partial charge in [0.15, 0.2) is 0 Å². The summed E-state index contributed by atoms with van der Waals surface area (Å²) in [4.78, 5) is 8.25. The van der Waals surface area contributed by atoms with E-state index in [2.05, 4.69) is 15.3 Å². The highest BCUT2D eigenvalue weighted by atomic mass is 19.1. The fourth-order valence-electron chi connectivity index (χ4n) is 1.58. The van der Waals surface area contributed by atoms with E-state index in [0.717, 1.165) is 18.7 Å². The molecule has 0 bridgehead atoms. The van der Waals surface area contributed by atoms with Gasteiger partial charge in [-0.15, -0.1) is 0 Å². The van der Waals surface area contributed by atoms with Gasteiger partial charge in [-0.3, -0.25) is 0 Å². The number of benzene rings is 1. The molecule has 0 fully saturated rings. The van der Waals surface area contributed by atoms with Gasteiger partial charge in [0.1, 0.15) is 11.6 Å². The zero-order chi connectivity index (χ0) is 13.7. The molecule has 4 nitrogen and oxygen atoms in total. The van der Waals surface area contributed by atoms with Crippen LogP contribution in [0.1, 0.15) is 18.1 Å². The molecule has 0 spiro atoms. The smallest absolute Gasteiger partial charge is 0.321 e. The Bertz CT molecular complexity index is 543. The molecule has 0 unspecified atom stereocenters. The average molecular weight is 261 g/mol. The number of aryl methyl sites for hydroxylation is 1. The lowest BCUT2D eigenvalue weighted by atomic mass is 10.2. The van der Waals surface area contributed by atoms with Crippen molar-refractivity contribution in [3.63, 3.8) is 0 Å². The van der Waals surface area contributed by atoms with Crippen molar-refractivity contribution in [2.45, 2.75) is 20.4 Å². The van der Waals surface area contributed by atoms with Crippen molar-refractivity contribution in [3.05, 3.63) is 47.5 Å². The van der Waals surface area contributed by atoms with E-state index in [1.54, 1.807) is 25.4 Å². The van der Waals surface area contributed by atoms with Crippen LogP contribution in [0, 0.1) is 12.7 Å². The Morgan fingerprint density at radius 2 is 2.00 bits per heavy atom. The average Bonchev–Trinajstić information content (AvgIpc) is 2.41. The molecule has 0 aliphatic carbocycles. The van der Waals surface area contributed by atoms with Gasteiger partial charge in [-0.1, -0.05) is 6.92 Å². The summed E-state index contributed by atoms with van der Waals surface area (Å²) >= 11 is 0. The third-order valence-corrected chi connectivity index (χ3v) is 2.60. The van der Waals surface area contributed by atoms with Gasteiger partial charge < -0.3 is 10.1 Å². The Balaban J connectivity index is 2.06. The van der Waals surface area contributed by atoms with Gasteiger partial charge in [0.2, 0.25) is 0 Å². The van der Waals surface area contributed by atoms with Gasteiger partial charge in [-0.25, -0.2) is 14.4 Å². The van der Waals surface area contributed by atoms with Gasteiger partial charge in [0.25, 0.3) is 0 Å². The van der Waals surface area contributed by atoms with E-state index in [0.29, 0.717) is 11.3 Å². The summed E-state index contributed by atoms with van der Waals surface area (Å²) < 4.78 is 18.5. The minimum atomic E-state index is -0.285. The normalized spacial score (nSPS) is 10.5. The molecular formula is C14H16FN3O. The van der Waals surface area contributed by atoms with Crippen molar-refractivity contribution in [2.75, 3.05) is 6.54 Å². The maximum atomic E-state index is 13.0. The summed E-state index contributed by atoms with van der Waals surface area (Å²) in [5.41, 5.74) is 1.70. The second kappa shape index (κ2) is 6.24. The van der Waals surface area contributed by atoms with Gasteiger partial charge in [-0.05, 0) is 37.2 Å². The highest BCUT2D eigenvalue weighted by Crippen LogP contribution is 2.22. The van der Waals surface area contributed by atoms with Gasteiger partial charge in [0, 0.05) is 24.5 Å². The first-order valence-corrected chi connectivity index (χ1v) is 6.14. The Kier molecular flexibility index (Phi) is 4.41. The molecule has 2 rings (SSSR count). The lowest BCUT2D eigenvalue weighted by Crippen LogP contribution is -2.12. The second-order valence-corrected chi connectivity index (χ2v) is 4.17. The molecule has 1 aromatic heterocycles. The molecule has 100 valence electrons. The standard InChI is InChI=1S/C14H16FN3O/c1-3-16-7-11-8-17-14(18-9-11)19-13-5-4-12(15)6-10(13)2/h4-6,8-9,16H,3,7H2,1-2H3. The van der Waals surface area contributed by atoms with Crippen LogP contribution in [0.25, 0.3) is 0 Å². The van der Waals surface area contributed by atoms with Crippen LogP contribution in [-0.4, -0.2) is 16.5 Å². The summed E-state index contributed by atoms with van der Waals surface area (Å²) in [6.07, 6.45) is 3.42. The highest BCUT2D eigenvalue weighted by Gasteiger charge is 2.05. The molecule has 0 aliphatic heterocycles. The maximum Gasteiger partial charge on any atom is 0.321 e. The van der Waals surface area contributed by atoms with E-state index in [-0.39, 0.29) is 11.8 Å². The first-order chi connectivity index (χ1) is 9.19. The van der Waals surface area contributed by atoms with E-state index >= 15 is 0 Å². The van der Waals surface area contributed by atoms with Crippen LogP contribution >= 0.6 is 0 Å². The Morgan fingerprint density at radius 1 is 1.26 bits per heavy atom. The van der Waals surface area contributed by atoms with E-state index < -0.39 is 0 Å². The second-order valence-electron chi connectivity index (χ2n) is 4.17. The number of hydrogen-bond donors (Lipinski definition) is 1. The summed E-state index contributed by atoms with van der Waals surface area (Å²) in [7, 11) is 0. The van der Waals surface area contributed by atoms with Crippen molar-refractivity contribution in [1.82, 2.24) is 15.3 Å². The van der Waals surface area contributed by atoms with Gasteiger partial charge in [0.05, 0.1) is 0 Å². The van der Waals surface area contributed by atoms with E-state index in [1.165, 1.54) is 12.1 Å². The first kappa shape index (κ1) is 13.4. The Morgan fingerprint density at radius 3 is 2.63 bits per heavy atom. The number of halogens is 1. The van der Waals surface area contributed by atoms with Crippen LogP contribution in [-0.2, 0) is 6.54 Å². The Hall–Kier alpha value is -2.01. The molecule has 0 radical (unpaired) electrons. The van der Waals surface area contributed by atoms with Crippen LogP contribution in [0.2, 0.25) is 0 Å². The van der Waals surface area contributed by atoms with Crippen molar-refractivity contribution < 1.29 is 9.13 Å². The topological polar surface area (TPSA) is 47.0 Å². The number of nitrogens with zero attached hydrogens (tertiary/aromatic N) is 2. The van der Waals surface area contributed by atoms with Crippen LogP contribution in [0.3, 0.4) is 0 Å². The summed E-state index contributed by atoms with van der Waals surface area (Å²) in [6.45, 7) is 5.44. The summed E-state index contributed by atoms with van der Waals surface area (Å²) in [5, 5.41) is 3.19. The van der Waals surface area contributed by atoms with Crippen molar-refractivity contribution in [2.24, 2.45) is 0 Å². The molecule has 0 amide bonds. The van der Waals surface area contributed by atoms with Crippen LogP contribution < -0.4 is 10.1 Å². The monoisotopic (exact) mass is 261 g/mol. The van der Waals surface area contributed by atoms with Gasteiger partial charge >= 0.3 is 6.01 Å². The van der Waals surface area contributed by atoms with Crippen LogP contribution in [0.15, 0.2) is 30.6 Å². The third kappa shape index (κ3) is 3.72. The number of ether oxygens (including phenoxy) is 1. The number of nitrogens with one attached hydrogen (secondary N) is 1. The van der Waals surface area contributed by atoms with E-state index in [1.807, 2.05) is 6.92 Å². The zero-order valence-electron chi connectivity index (χ0n) is 11.0. The molecule has 2 aromatic rings. The Labute approximate surface area is 111 Å². The predicted octanol–water partition coefficient (Wildman–Crippen LogP) is 2.83. The van der Waals surface area contributed by atoms with E-state index in [9.17, 15) is 4.39 Å². The van der Waals surface area contributed by atoms with Gasteiger partial charge in [-0.2, -0.15) is 0 Å². The van der Waals surface area contributed by atoms with Crippen LogP contribution in [0.5, 0.6) is 11.8 Å². The molecular weight excluding hydrogens is 245 g/mol. The highest BCUT2D eigenvalue weighted by molar-refractivity contribution is 5.34. The fourth-order valence-corrected chi connectivity index (χ4v) is 1.58. The van der Waals surface area contributed by atoms with E-state index in [4.69, 9.17) is 4.74 Å². The number of rotatable bonds is 5. The zero-order valence-corrected chi connectivity index (χ0v) is 11.0. The third-order valence-electron chi connectivity index (χ3n) is 2.60. The lowest BCUT2D eigenvalue weighted by Gasteiger charge is -2.07. The quantitative estimate of drug-likeness (QED) is 0.899. The summed E-state index contributed by atoms with van der Waals surface area (Å²) in [5.74, 6) is 0.271. The molecule has 0 aliphatic rings.